The van der Waals surface area contributed by atoms with Gasteiger partial charge in [-0.05, 0) is 38.0 Å². The van der Waals surface area contributed by atoms with Gasteiger partial charge in [-0.1, -0.05) is 42.0 Å². The smallest absolute Gasteiger partial charge is 0.248 e. The Morgan fingerprint density at radius 3 is 2.44 bits per heavy atom. The molecule has 0 saturated heterocycles. The molecule has 0 aromatic heterocycles. The lowest BCUT2D eigenvalue weighted by Crippen LogP contribution is -2.50. The van der Waals surface area contributed by atoms with Gasteiger partial charge in [0.15, 0.2) is 0 Å². The number of rotatable bonds is 5. The summed E-state index contributed by atoms with van der Waals surface area (Å²) in [5, 5.41) is 0. The molecule has 1 saturated carbocycles. The van der Waals surface area contributed by atoms with Gasteiger partial charge in [0.25, 0.3) is 0 Å². The Labute approximate surface area is 197 Å². The molecule has 9 heteroatoms. The minimum atomic E-state index is -4.19. The molecule has 2 aromatic rings. The summed E-state index contributed by atoms with van der Waals surface area (Å²) in [7, 11) is -2.66. The summed E-state index contributed by atoms with van der Waals surface area (Å²) in [5.74, 6) is -3.74. The summed E-state index contributed by atoms with van der Waals surface area (Å²) >= 11 is 0. The maximum absolute atomic E-state index is 14.6. The van der Waals surface area contributed by atoms with Crippen LogP contribution in [0, 0.1) is 12.7 Å². The van der Waals surface area contributed by atoms with Crippen molar-refractivity contribution in [1.82, 2.24) is 9.21 Å². The van der Waals surface area contributed by atoms with E-state index in [2.05, 4.69) is 0 Å². The molecule has 4 rings (SSSR count). The third kappa shape index (κ3) is 4.63. The van der Waals surface area contributed by atoms with Crippen LogP contribution in [-0.2, 0) is 14.8 Å². The Bertz CT molecular complexity index is 1220. The molecule has 0 radical (unpaired) electrons. The van der Waals surface area contributed by atoms with Gasteiger partial charge in [-0.15, -0.1) is 0 Å². The first-order chi connectivity index (χ1) is 16.0. The average Bonchev–Trinajstić information content (AvgIpc) is 3.29. The van der Waals surface area contributed by atoms with Crippen LogP contribution in [-0.4, -0.2) is 55.1 Å². The monoisotopic (exact) mass is 492 g/mol. The summed E-state index contributed by atoms with van der Waals surface area (Å²) in [6, 6.07) is 9.14. The van der Waals surface area contributed by atoms with Crippen LogP contribution in [0.25, 0.3) is 11.1 Å². The first kappa shape index (κ1) is 24.5. The van der Waals surface area contributed by atoms with Crippen molar-refractivity contribution in [2.75, 3.05) is 13.6 Å². The predicted octanol–water partition coefficient (Wildman–Crippen LogP) is 4.77. The van der Waals surface area contributed by atoms with Crippen LogP contribution in [0.15, 0.2) is 59.5 Å². The number of amides is 1. The second-order valence-electron chi connectivity index (χ2n) is 8.96. The molecule has 1 atom stereocenters. The highest BCUT2D eigenvalue weighted by atomic mass is 32.2. The molecule has 1 amide bonds. The van der Waals surface area contributed by atoms with Crippen molar-refractivity contribution in [3.63, 3.8) is 0 Å². The van der Waals surface area contributed by atoms with Crippen molar-refractivity contribution >= 4 is 15.9 Å². The summed E-state index contributed by atoms with van der Waals surface area (Å²) in [6.45, 7) is 1.77. The van der Waals surface area contributed by atoms with E-state index in [4.69, 9.17) is 0 Å². The zero-order valence-electron chi connectivity index (χ0n) is 19.0. The molecule has 0 unspecified atom stereocenters. The van der Waals surface area contributed by atoms with Crippen molar-refractivity contribution in [3.8, 4) is 11.1 Å². The predicted molar refractivity (Wildman–Crippen MR) is 123 cm³/mol. The number of carbonyl (C=O) groups is 1. The molecule has 1 fully saturated rings. The van der Waals surface area contributed by atoms with E-state index in [1.165, 1.54) is 42.3 Å². The number of hydrogen-bond donors (Lipinski definition) is 0. The maximum Gasteiger partial charge on any atom is 0.248 e. The number of carbonyl (C=O) groups excluding carboxylic acids is 1. The topological polar surface area (TPSA) is 57.7 Å². The quantitative estimate of drug-likeness (QED) is 0.566. The van der Waals surface area contributed by atoms with Gasteiger partial charge in [0.2, 0.25) is 21.9 Å². The van der Waals surface area contributed by atoms with Crippen molar-refractivity contribution in [2.24, 2.45) is 0 Å². The number of nitrogens with zero attached hydrogens (tertiary/aromatic N) is 2. The van der Waals surface area contributed by atoms with E-state index in [0.29, 0.717) is 0 Å². The second kappa shape index (κ2) is 9.19. The van der Waals surface area contributed by atoms with Gasteiger partial charge in [0, 0.05) is 43.6 Å². The highest BCUT2D eigenvalue weighted by Crippen LogP contribution is 2.36. The van der Waals surface area contributed by atoms with Crippen LogP contribution in [0.1, 0.15) is 31.2 Å². The normalized spacial score (nSPS) is 21.0. The fourth-order valence-electron chi connectivity index (χ4n) is 4.64. The highest BCUT2D eigenvalue weighted by molar-refractivity contribution is 7.89. The second-order valence-corrected chi connectivity index (χ2v) is 10.8. The third-order valence-electron chi connectivity index (χ3n) is 6.63. The molecule has 34 heavy (non-hydrogen) atoms. The van der Waals surface area contributed by atoms with E-state index < -0.39 is 33.7 Å². The Balaban J connectivity index is 1.65. The Morgan fingerprint density at radius 2 is 1.76 bits per heavy atom. The van der Waals surface area contributed by atoms with E-state index in [0.717, 1.165) is 9.87 Å². The van der Waals surface area contributed by atoms with Crippen LogP contribution in [0.2, 0.25) is 0 Å². The molecule has 182 valence electrons. The van der Waals surface area contributed by atoms with Crippen LogP contribution in [0.4, 0.5) is 13.2 Å². The molecule has 1 heterocycles. The first-order valence-corrected chi connectivity index (χ1v) is 12.6. The lowest BCUT2D eigenvalue weighted by Gasteiger charge is -2.36. The van der Waals surface area contributed by atoms with Crippen molar-refractivity contribution in [1.29, 1.82) is 0 Å². The minimum absolute atomic E-state index is 0.0140. The Hall–Kier alpha value is -2.65. The largest absolute Gasteiger partial charge is 0.341 e. The number of benzene rings is 2. The van der Waals surface area contributed by atoms with E-state index in [1.54, 1.807) is 31.2 Å². The third-order valence-corrected chi connectivity index (χ3v) is 8.54. The van der Waals surface area contributed by atoms with Crippen LogP contribution >= 0.6 is 0 Å². The minimum Gasteiger partial charge on any atom is -0.341 e. The standard InChI is InChI=1S/C25H27F3N2O3S/c1-17-9-10-23(20(16-17)19-6-3-4-7-21(19)26)34(32,33)30-15-5-8-22(30)24(31)29(2)18-11-13-25(27,28)14-12-18/h3-10,16,18,22H,11-15H2,1-2H3/t22-/m0/s1. The molecular weight excluding hydrogens is 465 g/mol. The lowest BCUT2D eigenvalue weighted by molar-refractivity contribution is -0.137. The van der Waals surface area contributed by atoms with Crippen LogP contribution in [0.5, 0.6) is 0 Å². The van der Waals surface area contributed by atoms with E-state index in [1.807, 2.05) is 0 Å². The molecule has 1 aliphatic carbocycles. The molecule has 2 aliphatic rings. The van der Waals surface area contributed by atoms with Crippen molar-refractivity contribution in [2.45, 2.75) is 55.5 Å². The summed E-state index contributed by atoms with van der Waals surface area (Å²) in [4.78, 5) is 14.6. The molecular formula is C25H27F3N2O3S. The number of alkyl halides is 2. The molecule has 0 N–H and O–H groups in total. The number of likely N-dealkylation sites (N-methyl/N-ethyl adjacent to an activating group) is 1. The molecule has 0 bridgehead atoms. The first-order valence-electron chi connectivity index (χ1n) is 11.2. The van der Waals surface area contributed by atoms with Crippen molar-refractivity contribution < 1.29 is 26.4 Å². The molecule has 5 nitrogen and oxygen atoms in total. The van der Waals surface area contributed by atoms with Gasteiger partial charge in [-0.3, -0.25) is 4.79 Å². The summed E-state index contributed by atoms with van der Waals surface area (Å²) < 4.78 is 70.3. The Kier molecular flexibility index (Phi) is 6.61. The molecule has 0 spiro atoms. The van der Waals surface area contributed by atoms with Crippen LogP contribution in [0.3, 0.4) is 0 Å². The zero-order valence-corrected chi connectivity index (χ0v) is 19.9. The highest BCUT2D eigenvalue weighted by Gasteiger charge is 2.42. The fourth-order valence-corrected chi connectivity index (χ4v) is 6.32. The number of halogens is 3. The fraction of sp³-hybridized carbons (Fsp3) is 0.400. The van der Waals surface area contributed by atoms with Crippen molar-refractivity contribution in [3.05, 3.63) is 66.0 Å². The van der Waals surface area contributed by atoms with Gasteiger partial charge in [-0.2, -0.15) is 4.31 Å². The SMILES string of the molecule is Cc1ccc(S(=O)(=O)N2CC=C[C@H]2C(=O)N(C)C2CCC(F)(F)CC2)c(-c2ccccc2F)c1. The zero-order chi connectivity index (χ0) is 24.7. The summed E-state index contributed by atoms with van der Waals surface area (Å²) in [6.07, 6.45) is 2.84. The van der Waals surface area contributed by atoms with Crippen LogP contribution < -0.4 is 0 Å². The lowest BCUT2D eigenvalue weighted by atomic mass is 9.91. The maximum atomic E-state index is 14.6. The molecule has 1 aliphatic heterocycles. The number of aryl methyl sites for hydroxylation is 1. The van der Waals surface area contributed by atoms with E-state index in [9.17, 15) is 26.4 Å². The van der Waals surface area contributed by atoms with Gasteiger partial charge < -0.3 is 4.90 Å². The summed E-state index contributed by atoms with van der Waals surface area (Å²) in [5.41, 5.74) is 1.14. The van der Waals surface area contributed by atoms with Gasteiger partial charge in [0.05, 0.1) is 4.90 Å². The van der Waals surface area contributed by atoms with E-state index in [-0.39, 0.29) is 54.3 Å². The van der Waals surface area contributed by atoms with Gasteiger partial charge in [-0.25, -0.2) is 21.6 Å². The van der Waals surface area contributed by atoms with E-state index >= 15 is 0 Å². The van der Waals surface area contributed by atoms with Gasteiger partial charge in [0.1, 0.15) is 11.9 Å². The van der Waals surface area contributed by atoms with Gasteiger partial charge >= 0.3 is 0 Å². The number of hydrogen-bond acceptors (Lipinski definition) is 3. The molecule has 2 aromatic carbocycles. The Morgan fingerprint density at radius 1 is 1.09 bits per heavy atom. The number of sulfonamides is 1. The average molecular weight is 493 g/mol.